The van der Waals surface area contributed by atoms with Crippen LogP contribution in [0.5, 0.6) is 5.75 Å². The van der Waals surface area contributed by atoms with Gasteiger partial charge in [0.25, 0.3) is 0 Å². The van der Waals surface area contributed by atoms with Crippen molar-refractivity contribution in [1.82, 2.24) is 0 Å². The number of rotatable bonds is 3. The van der Waals surface area contributed by atoms with Crippen LogP contribution in [-0.2, 0) is 4.79 Å². The first-order valence-corrected chi connectivity index (χ1v) is 5.46. The number of benzene rings is 1. The molecule has 0 aliphatic heterocycles. The highest BCUT2D eigenvalue weighted by atomic mass is 35.5. The summed E-state index contributed by atoms with van der Waals surface area (Å²) in [6.45, 7) is 1.92. The van der Waals surface area contributed by atoms with Crippen LogP contribution >= 0.6 is 11.6 Å². The molecule has 4 heteroatoms. The monoisotopic (exact) mass is 238 g/mol. The molecule has 2 rings (SSSR count). The van der Waals surface area contributed by atoms with Gasteiger partial charge in [0.2, 0.25) is 0 Å². The molecule has 0 atom stereocenters. The highest BCUT2D eigenvalue weighted by molar-refractivity contribution is 6.31. The van der Waals surface area contributed by atoms with Crippen molar-refractivity contribution in [2.24, 2.45) is 0 Å². The van der Waals surface area contributed by atoms with E-state index in [1.54, 1.807) is 18.2 Å². The Labute approximate surface area is 97.9 Å². The minimum absolute atomic E-state index is 0.259. The Bertz CT molecular complexity index is 516. The lowest BCUT2D eigenvalue weighted by Crippen LogP contribution is -2.06. The zero-order valence-corrected chi connectivity index (χ0v) is 9.58. The number of esters is 1. The zero-order valence-electron chi connectivity index (χ0n) is 8.83. The number of carbonyl (C=O) groups excluding carboxylic acids is 1. The van der Waals surface area contributed by atoms with Crippen LogP contribution in [0.15, 0.2) is 28.9 Å². The molecular weight excluding hydrogens is 228 g/mol. The van der Waals surface area contributed by atoms with Gasteiger partial charge >= 0.3 is 5.97 Å². The maximum atomic E-state index is 11.3. The first-order chi connectivity index (χ1) is 7.70. The van der Waals surface area contributed by atoms with Gasteiger partial charge < -0.3 is 9.15 Å². The smallest absolute Gasteiger partial charge is 0.311 e. The van der Waals surface area contributed by atoms with E-state index in [0.29, 0.717) is 22.8 Å². The lowest BCUT2D eigenvalue weighted by molar-refractivity contribution is -0.134. The second-order valence-electron chi connectivity index (χ2n) is 3.46. The molecule has 0 aliphatic carbocycles. The predicted molar refractivity (Wildman–Crippen MR) is 61.8 cm³/mol. The third kappa shape index (κ3) is 2.19. The van der Waals surface area contributed by atoms with Crippen molar-refractivity contribution in [2.75, 3.05) is 0 Å². The first kappa shape index (κ1) is 11.0. The number of halogens is 1. The van der Waals surface area contributed by atoms with Gasteiger partial charge in [-0.2, -0.15) is 0 Å². The van der Waals surface area contributed by atoms with Crippen molar-refractivity contribution in [3.8, 4) is 5.75 Å². The third-order valence-corrected chi connectivity index (χ3v) is 2.41. The van der Waals surface area contributed by atoms with Crippen LogP contribution in [0, 0.1) is 0 Å². The minimum Gasteiger partial charge on any atom is -0.460 e. The Morgan fingerprint density at radius 1 is 1.50 bits per heavy atom. The average Bonchev–Trinajstić information content (AvgIpc) is 2.61. The van der Waals surface area contributed by atoms with E-state index in [4.69, 9.17) is 20.8 Å². The number of carbonyl (C=O) groups is 1. The van der Waals surface area contributed by atoms with Gasteiger partial charge in [-0.1, -0.05) is 18.5 Å². The van der Waals surface area contributed by atoms with Gasteiger partial charge in [-0.15, -0.1) is 0 Å². The molecule has 0 fully saturated rings. The van der Waals surface area contributed by atoms with Gasteiger partial charge in [0, 0.05) is 11.4 Å². The number of fused-ring (bicyclic) bond motifs is 1. The number of furan rings is 1. The highest BCUT2D eigenvalue weighted by Crippen LogP contribution is 2.30. The summed E-state index contributed by atoms with van der Waals surface area (Å²) in [4.78, 5) is 11.3. The Hall–Kier alpha value is -1.48. The molecule has 0 aliphatic rings. The van der Waals surface area contributed by atoms with Crippen molar-refractivity contribution >= 4 is 28.5 Å². The minimum atomic E-state index is -0.259. The lowest BCUT2D eigenvalue weighted by Gasteiger charge is -2.00. The molecule has 0 saturated heterocycles. The molecule has 1 aromatic carbocycles. The van der Waals surface area contributed by atoms with Crippen molar-refractivity contribution in [3.05, 3.63) is 29.5 Å². The second kappa shape index (κ2) is 4.58. The summed E-state index contributed by atoms with van der Waals surface area (Å²) in [5.74, 6) is 0.168. The molecule has 1 aromatic heterocycles. The molecular formula is C12H11ClO3. The lowest BCUT2D eigenvalue weighted by atomic mass is 10.2. The molecule has 1 heterocycles. The normalized spacial score (nSPS) is 10.6. The maximum Gasteiger partial charge on any atom is 0.311 e. The predicted octanol–water partition coefficient (Wildman–Crippen LogP) is 3.79. The van der Waals surface area contributed by atoms with Crippen LogP contribution in [0.25, 0.3) is 11.0 Å². The number of hydrogen-bond acceptors (Lipinski definition) is 3. The SMILES string of the molecule is CCCC(=O)Oc1coc2ccc(Cl)cc12. The van der Waals surface area contributed by atoms with E-state index in [9.17, 15) is 4.79 Å². The van der Waals surface area contributed by atoms with Crippen LogP contribution in [-0.4, -0.2) is 5.97 Å². The van der Waals surface area contributed by atoms with Gasteiger partial charge in [-0.25, -0.2) is 0 Å². The van der Waals surface area contributed by atoms with Crippen molar-refractivity contribution < 1.29 is 13.9 Å². The molecule has 0 unspecified atom stereocenters. The molecule has 84 valence electrons. The largest absolute Gasteiger partial charge is 0.460 e. The molecule has 2 aromatic rings. The van der Waals surface area contributed by atoms with Crippen LogP contribution < -0.4 is 4.74 Å². The van der Waals surface area contributed by atoms with E-state index in [0.717, 1.165) is 11.8 Å². The Kier molecular flexibility index (Phi) is 3.15. The topological polar surface area (TPSA) is 39.4 Å². The summed E-state index contributed by atoms with van der Waals surface area (Å²) < 4.78 is 10.4. The Balaban J connectivity index is 2.30. The fourth-order valence-corrected chi connectivity index (χ4v) is 1.61. The summed E-state index contributed by atoms with van der Waals surface area (Å²) in [7, 11) is 0. The van der Waals surface area contributed by atoms with Crippen molar-refractivity contribution in [1.29, 1.82) is 0 Å². The van der Waals surface area contributed by atoms with Crippen LogP contribution in [0.1, 0.15) is 19.8 Å². The molecule has 0 amide bonds. The highest BCUT2D eigenvalue weighted by Gasteiger charge is 2.11. The van der Waals surface area contributed by atoms with E-state index in [2.05, 4.69) is 0 Å². The summed E-state index contributed by atoms with van der Waals surface area (Å²) in [5, 5.41) is 1.30. The molecule has 0 bridgehead atoms. The number of ether oxygens (including phenoxy) is 1. The summed E-state index contributed by atoms with van der Waals surface area (Å²) in [6.07, 6.45) is 2.58. The quantitative estimate of drug-likeness (QED) is 0.764. The number of hydrogen-bond donors (Lipinski definition) is 0. The standard InChI is InChI=1S/C12H11ClO3/c1-2-3-12(14)16-11-7-15-10-5-4-8(13)6-9(10)11/h4-7H,2-3H2,1H3. The average molecular weight is 239 g/mol. The van der Waals surface area contributed by atoms with Gasteiger partial charge in [0.15, 0.2) is 5.75 Å². The van der Waals surface area contributed by atoms with Gasteiger partial charge in [0.1, 0.15) is 11.8 Å². The van der Waals surface area contributed by atoms with Gasteiger partial charge in [0.05, 0.1) is 5.39 Å². The fraction of sp³-hybridized carbons (Fsp3) is 0.250. The van der Waals surface area contributed by atoms with E-state index in [1.165, 1.54) is 6.26 Å². The molecule has 3 nitrogen and oxygen atoms in total. The molecule has 0 spiro atoms. The molecule has 0 saturated carbocycles. The Morgan fingerprint density at radius 3 is 3.06 bits per heavy atom. The summed E-state index contributed by atoms with van der Waals surface area (Å²) >= 11 is 5.86. The van der Waals surface area contributed by atoms with Crippen molar-refractivity contribution in [2.45, 2.75) is 19.8 Å². The Morgan fingerprint density at radius 2 is 2.31 bits per heavy atom. The molecule has 0 N–H and O–H groups in total. The van der Waals surface area contributed by atoms with Crippen molar-refractivity contribution in [3.63, 3.8) is 0 Å². The zero-order chi connectivity index (χ0) is 11.5. The van der Waals surface area contributed by atoms with Crippen LogP contribution in [0.4, 0.5) is 0 Å². The van der Waals surface area contributed by atoms with Gasteiger partial charge in [-0.05, 0) is 24.6 Å². The van der Waals surface area contributed by atoms with Gasteiger partial charge in [-0.3, -0.25) is 4.79 Å². The second-order valence-corrected chi connectivity index (χ2v) is 3.90. The summed E-state index contributed by atoms with van der Waals surface area (Å²) in [5.41, 5.74) is 0.656. The van der Waals surface area contributed by atoms with Crippen LogP contribution in [0.2, 0.25) is 5.02 Å². The van der Waals surface area contributed by atoms with E-state index < -0.39 is 0 Å². The summed E-state index contributed by atoms with van der Waals surface area (Å²) in [6, 6.07) is 5.19. The van der Waals surface area contributed by atoms with E-state index in [1.807, 2.05) is 6.92 Å². The van der Waals surface area contributed by atoms with E-state index >= 15 is 0 Å². The molecule has 16 heavy (non-hydrogen) atoms. The van der Waals surface area contributed by atoms with Crippen LogP contribution in [0.3, 0.4) is 0 Å². The fourth-order valence-electron chi connectivity index (χ4n) is 1.43. The van der Waals surface area contributed by atoms with E-state index in [-0.39, 0.29) is 5.97 Å². The first-order valence-electron chi connectivity index (χ1n) is 5.08. The molecule has 0 radical (unpaired) electrons. The maximum absolute atomic E-state index is 11.3. The third-order valence-electron chi connectivity index (χ3n) is 2.18.